The molecule has 1 N–H and O–H groups in total. The summed E-state index contributed by atoms with van der Waals surface area (Å²) in [6.45, 7) is 1.50. The molecule has 0 bridgehead atoms. The highest BCUT2D eigenvalue weighted by Crippen LogP contribution is 2.31. The highest BCUT2D eigenvalue weighted by atomic mass is 127. The van der Waals surface area contributed by atoms with Crippen molar-refractivity contribution < 1.29 is 23.8 Å². The molecular weight excluding hydrogens is 437 g/mol. The first kappa shape index (κ1) is 19.0. The fourth-order valence-electron chi connectivity index (χ4n) is 2.21. The second-order valence-electron chi connectivity index (χ2n) is 5.12. The Labute approximate surface area is 159 Å². The minimum atomic E-state index is -0.662. The third-order valence-corrected chi connectivity index (χ3v) is 4.09. The summed E-state index contributed by atoms with van der Waals surface area (Å²) < 4.78 is 16.5. The first-order chi connectivity index (χ1) is 12.0. The van der Waals surface area contributed by atoms with Gasteiger partial charge in [-0.2, -0.15) is 0 Å². The van der Waals surface area contributed by atoms with Gasteiger partial charge >= 0.3 is 5.97 Å². The van der Waals surface area contributed by atoms with Crippen LogP contribution in [0.1, 0.15) is 15.9 Å². The monoisotopic (exact) mass is 455 g/mol. The molecule has 0 spiro atoms. The molecule has 7 heteroatoms. The molecule has 2 aromatic rings. The lowest BCUT2D eigenvalue weighted by atomic mass is 10.2. The number of halogens is 1. The van der Waals surface area contributed by atoms with Crippen LogP contribution in [0.3, 0.4) is 0 Å². The van der Waals surface area contributed by atoms with Crippen LogP contribution < -0.4 is 14.8 Å². The molecule has 0 saturated heterocycles. The van der Waals surface area contributed by atoms with Crippen molar-refractivity contribution in [2.75, 3.05) is 26.1 Å². The molecule has 0 fully saturated rings. The van der Waals surface area contributed by atoms with Gasteiger partial charge in [0.25, 0.3) is 5.91 Å². The van der Waals surface area contributed by atoms with E-state index in [1.807, 2.05) is 25.1 Å². The van der Waals surface area contributed by atoms with E-state index in [0.717, 1.165) is 9.13 Å². The Hall–Kier alpha value is -2.29. The van der Waals surface area contributed by atoms with Gasteiger partial charge in [-0.25, -0.2) is 4.79 Å². The van der Waals surface area contributed by atoms with Crippen LogP contribution in [0, 0.1) is 10.5 Å². The lowest BCUT2D eigenvalue weighted by Gasteiger charge is -2.12. The number of rotatable bonds is 6. The van der Waals surface area contributed by atoms with Gasteiger partial charge in [0, 0.05) is 9.26 Å². The van der Waals surface area contributed by atoms with Crippen LogP contribution in [0.2, 0.25) is 0 Å². The van der Waals surface area contributed by atoms with Crippen molar-refractivity contribution in [3.63, 3.8) is 0 Å². The molecule has 0 unspecified atom stereocenters. The van der Waals surface area contributed by atoms with E-state index in [0.29, 0.717) is 11.4 Å². The number of nitrogens with one attached hydrogen (secondary N) is 1. The smallest absolute Gasteiger partial charge is 0.342 e. The summed E-state index contributed by atoms with van der Waals surface area (Å²) in [4.78, 5) is 24.2. The number of methoxy groups -OCH3 is 2. The Morgan fingerprint density at radius 1 is 1.12 bits per heavy atom. The van der Waals surface area contributed by atoms with Crippen molar-refractivity contribution in [1.82, 2.24) is 0 Å². The maximum absolute atomic E-state index is 12.2. The van der Waals surface area contributed by atoms with Gasteiger partial charge in [0.15, 0.2) is 18.1 Å². The molecule has 25 heavy (non-hydrogen) atoms. The number of carbonyl (C=O) groups is 2. The van der Waals surface area contributed by atoms with Crippen molar-refractivity contribution in [3.8, 4) is 11.5 Å². The average molecular weight is 455 g/mol. The Morgan fingerprint density at radius 2 is 1.88 bits per heavy atom. The third kappa shape index (κ3) is 4.85. The molecular formula is C18H18INO5. The van der Waals surface area contributed by atoms with Crippen LogP contribution in [0.15, 0.2) is 36.4 Å². The highest BCUT2D eigenvalue weighted by Gasteiger charge is 2.18. The number of esters is 1. The van der Waals surface area contributed by atoms with Crippen LogP contribution in [-0.4, -0.2) is 32.7 Å². The van der Waals surface area contributed by atoms with Crippen molar-refractivity contribution in [2.24, 2.45) is 0 Å². The van der Waals surface area contributed by atoms with Crippen LogP contribution in [-0.2, 0) is 9.53 Å². The molecule has 0 aliphatic heterocycles. The van der Waals surface area contributed by atoms with E-state index in [2.05, 4.69) is 27.9 Å². The fraction of sp³-hybridized carbons (Fsp3) is 0.222. The van der Waals surface area contributed by atoms with Crippen LogP contribution in [0.25, 0.3) is 0 Å². The Kier molecular flexibility index (Phi) is 6.63. The molecule has 6 nitrogen and oxygen atoms in total. The van der Waals surface area contributed by atoms with Gasteiger partial charge in [-0.3, -0.25) is 4.79 Å². The SMILES string of the molecule is COc1cccc(C(=O)OCC(=O)Nc2ccc(I)cc2C)c1OC. The number of hydrogen-bond acceptors (Lipinski definition) is 5. The van der Waals surface area contributed by atoms with E-state index >= 15 is 0 Å². The zero-order valence-corrected chi connectivity index (χ0v) is 16.2. The Bertz CT molecular complexity index is 791. The summed E-state index contributed by atoms with van der Waals surface area (Å²) in [7, 11) is 2.91. The Balaban J connectivity index is 2.01. The van der Waals surface area contributed by atoms with E-state index in [-0.39, 0.29) is 11.3 Å². The molecule has 0 heterocycles. The number of ether oxygens (including phenoxy) is 3. The molecule has 0 saturated carbocycles. The topological polar surface area (TPSA) is 73.9 Å². The first-order valence-electron chi connectivity index (χ1n) is 7.40. The van der Waals surface area contributed by atoms with Gasteiger partial charge < -0.3 is 19.5 Å². The zero-order chi connectivity index (χ0) is 18.4. The number of aryl methyl sites for hydroxylation is 1. The lowest BCUT2D eigenvalue weighted by molar-refractivity contribution is -0.119. The predicted molar refractivity (Wildman–Crippen MR) is 102 cm³/mol. The molecule has 1 amide bonds. The van der Waals surface area contributed by atoms with E-state index in [1.165, 1.54) is 14.2 Å². The number of anilines is 1. The standard InChI is InChI=1S/C18H18INO5/c1-11-9-12(19)7-8-14(11)20-16(21)10-25-18(22)13-5-4-6-15(23-2)17(13)24-3/h4-9H,10H2,1-3H3,(H,20,21). The quantitative estimate of drug-likeness (QED) is 0.534. The van der Waals surface area contributed by atoms with Gasteiger partial charge in [0.05, 0.1) is 14.2 Å². The minimum absolute atomic E-state index is 0.195. The number of benzene rings is 2. The van der Waals surface area contributed by atoms with Crippen LogP contribution >= 0.6 is 22.6 Å². The third-order valence-electron chi connectivity index (χ3n) is 3.42. The van der Waals surface area contributed by atoms with Gasteiger partial charge in [-0.1, -0.05) is 6.07 Å². The second kappa shape index (κ2) is 8.70. The highest BCUT2D eigenvalue weighted by molar-refractivity contribution is 14.1. The number of hydrogen-bond donors (Lipinski definition) is 1. The minimum Gasteiger partial charge on any atom is -0.493 e. The number of para-hydroxylation sites is 1. The van der Waals surface area contributed by atoms with Crippen molar-refractivity contribution in [1.29, 1.82) is 0 Å². The summed E-state index contributed by atoms with van der Waals surface area (Å²) in [5.74, 6) is -0.399. The first-order valence-corrected chi connectivity index (χ1v) is 8.48. The molecule has 0 radical (unpaired) electrons. The molecule has 2 rings (SSSR count). The molecule has 0 aliphatic carbocycles. The maximum Gasteiger partial charge on any atom is 0.342 e. The number of amides is 1. The predicted octanol–water partition coefficient (Wildman–Crippen LogP) is 3.41. The van der Waals surface area contributed by atoms with E-state index in [4.69, 9.17) is 14.2 Å². The summed E-state index contributed by atoms with van der Waals surface area (Å²) in [6, 6.07) is 10.5. The molecule has 0 aromatic heterocycles. The summed E-state index contributed by atoms with van der Waals surface area (Å²) >= 11 is 2.20. The van der Waals surface area contributed by atoms with Gasteiger partial charge in [0.1, 0.15) is 5.56 Å². The Morgan fingerprint density at radius 3 is 2.52 bits per heavy atom. The van der Waals surface area contributed by atoms with Crippen molar-refractivity contribution >= 4 is 40.2 Å². The van der Waals surface area contributed by atoms with E-state index < -0.39 is 18.5 Å². The summed E-state index contributed by atoms with van der Waals surface area (Å²) in [6.07, 6.45) is 0. The van der Waals surface area contributed by atoms with Gasteiger partial charge in [-0.05, 0) is 65.4 Å². The normalized spacial score (nSPS) is 10.1. The molecule has 132 valence electrons. The van der Waals surface area contributed by atoms with Crippen LogP contribution in [0.4, 0.5) is 5.69 Å². The summed E-state index contributed by atoms with van der Waals surface area (Å²) in [5.41, 5.74) is 1.81. The van der Waals surface area contributed by atoms with Gasteiger partial charge in [-0.15, -0.1) is 0 Å². The number of carbonyl (C=O) groups excluding carboxylic acids is 2. The van der Waals surface area contributed by atoms with Crippen LogP contribution in [0.5, 0.6) is 11.5 Å². The van der Waals surface area contributed by atoms with E-state index in [1.54, 1.807) is 18.2 Å². The molecule has 2 aromatic carbocycles. The summed E-state index contributed by atoms with van der Waals surface area (Å²) in [5, 5.41) is 2.72. The van der Waals surface area contributed by atoms with E-state index in [9.17, 15) is 9.59 Å². The molecule has 0 aliphatic rings. The van der Waals surface area contributed by atoms with Gasteiger partial charge in [0.2, 0.25) is 0 Å². The van der Waals surface area contributed by atoms with Crippen molar-refractivity contribution in [2.45, 2.75) is 6.92 Å². The largest absolute Gasteiger partial charge is 0.493 e. The second-order valence-corrected chi connectivity index (χ2v) is 6.37. The lowest BCUT2D eigenvalue weighted by Crippen LogP contribution is -2.21. The maximum atomic E-state index is 12.2. The zero-order valence-electron chi connectivity index (χ0n) is 14.1. The molecule has 0 atom stereocenters. The fourth-order valence-corrected chi connectivity index (χ4v) is 2.86. The van der Waals surface area contributed by atoms with Crippen molar-refractivity contribution in [3.05, 3.63) is 51.1 Å². The average Bonchev–Trinajstić information content (AvgIpc) is 2.61.